The Labute approximate surface area is 121 Å². The summed E-state index contributed by atoms with van der Waals surface area (Å²) in [5.74, 6) is 0. The van der Waals surface area contributed by atoms with Gasteiger partial charge in [0, 0.05) is 0 Å². The lowest BCUT2D eigenvalue weighted by molar-refractivity contribution is 0.244. The van der Waals surface area contributed by atoms with Crippen LogP contribution in [0.15, 0.2) is 52.3 Å². The van der Waals surface area contributed by atoms with Gasteiger partial charge in [-0.15, -0.1) is 0 Å². The highest BCUT2D eigenvalue weighted by atomic mass is 32.2. The molecule has 4 heteroatoms. The molecular weight excluding hydrogens is 272 g/mol. The summed E-state index contributed by atoms with van der Waals surface area (Å²) in [5, 5.41) is 9.46. The zero-order valence-electron chi connectivity index (χ0n) is 12.2. The predicted octanol–water partition coefficient (Wildman–Crippen LogP) is 3.39. The summed E-state index contributed by atoms with van der Waals surface area (Å²) in [5.41, 5.74) is 1.01. The molecule has 1 rings (SSSR count). The molecule has 0 amide bonds. The quantitative estimate of drug-likeness (QED) is 0.818. The molecule has 0 saturated heterocycles. The van der Waals surface area contributed by atoms with E-state index in [9.17, 15) is 13.5 Å². The van der Waals surface area contributed by atoms with Crippen molar-refractivity contribution in [3.63, 3.8) is 0 Å². The Hall–Kier alpha value is -1.39. The second-order valence-electron chi connectivity index (χ2n) is 4.82. The molecule has 1 aromatic carbocycles. The van der Waals surface area contributed by atoms with Crippen LogP contribution in [0.2, 0.25) is 0 Å². The van der Waals surface area contributed by atoms with Gasteiger partial charge >= 0.3 is 0 Å². The fourth-order valence-electron chi connectivity index (χ4n) is 1.69. The van der Waals surface area contributed by atoms with Crippen molar-refractivity contribution in [1.82, 2.24) is 0 Å². The fraction of sp³-hybridized carbons (Fsp3) is 0.375. The van der Waals surface area contributed by atoms with E-state index in [0.717, 1.165) is 18.4 Å². The molecular formula is C16H22O3S. The minimum Gasteiger partial charge on any atom is -0.389 e. The van der Waals surface area contributed by atoms with Gasteiger partial charge in [0.05, 0.1) is 15.9 Å². The maximum atomic E-state index is 12.5. The van der Waals surface area contributed by atoms with Crippen LogP contribution < -0.4 is 0 Å². The average Bonchev–Trinajstić information content (AvgIpc) is 2.38. The Kier molecular flexibility index (Phi) is 6.17. The van der Waals surface area contributed by atoms with Gasteiger partial charge in [0.15, 0.2) is 0 Å². The van der Waals surface area contributed by atoms with Gasteiger partial charge in [-0.2, -0.15) is 0 Å². The maximum Gasteiger partial charge on any atom is 0.206 e. The molecule has 0 bridgehead atoms. The predicted molar refractivity (Wildman–Crippen MR) is 82.2 cm³/mol. The van der Waals surface area contributed by atoms with E-state index < -0.39 is 15.9 Å². The lowest BCUT2D eigenvalue weighted by atomic mass is 10.2. The number of allylic oxidation sites excluding steroid dienone is 2. The third kappa shape index (κ3) is 4.62. The Morgan fingerprint density at radius 3 is 2.40 bits per heavy atom. The summed E-state index contributed by atoms with van der Waals surface area (Å²) >= 11 is 0. The molecule has 0 radical (unpaired) electrons. The SMILES string of the molecule is CCC/C=C/C(=C\[C@H](C)O)S(=O)(=O)c1ccc(C)cc1. The Balaban J connectivity index is 3.21. The topological polar surface area (TPSA) is 54.4 Å². The molecule has 0 heterocycles. The molecule has 1 N–H and O–H groups in total. The van der Waals surface area contributed by atoms with Gasteiger partial charge in [-0.25, -0.2) is 8.42 Å². The van der Waals surface area contributed by atoms with Crippen molar-refractivity contribution in [1.29, 1.82) is 0 Å². The van der Waals surface area contributed by atoms with Crippen molar-refractivity contribution >= 4 is 9.84 Å². The molecule has 1 atom stereocenters. The van der Waals surface area contributed by atoms with Gasteiger partial charge in [-0.1, -0.05) is 37.1 Å². The highest BCUT2D eigenvalue weighted by Gasteiger charge is 2.18. The summed E-state index contributed by atoms with van der Waals surface area (Å²) in [6.45, 7) is 5.47. The number of unbranched alkanes of at least 4 members (excludes halogenated alkanes) is 1. The van der Waals surface area contributed by atoms with Crippen LogP contribution in [0.4, 0.5) is 0 Å². The third-order valence-corrected chi connectivity index (χ3v) is 4.57. The number of hydrogen-bond acceptors (Lipinski definition) is 3. The first-order chi connectivity index (χ1) is 9.37. The Bertz CT molecular complexity index is 579. The maximum absolute atomic E-state index is 12.5. The first-order valence-corrected chi connectivity index (χ1v) is 8.24. The van der Waals surface area contributed by atoms with Crippen molar-refractivity contribution in [3.05, 3.63) is 53.0 Å². The van der Waals surface area contributed by atoms with E-state index in [4.69, 9.17) is 0 Å². The van der Waals surface area contributed by atoms with Crippen LogP contribution >= 0.6 is 0 Å². The van der Waals surface area contributed by atoms with E-state index in [2.05, 4.69) is 0 Å². The van der Waals surface area contributed by atoms with Crippen LogP contribution in [-0.4, -0.2) is 19.6 Å². The highest BCUT2D eigenvalue weighted by molar-refractivity contribution is 7.95. The third-order valence-electron chi connectivity index (χ3n) is 2.78. The van der Waals surface area contributed by atoms with E-state index in [1.165, 1.54) is 6.08 Å². The second kappa shape index (κ2) is 7.41. The highest BCUT2D eigenvalue weighted by Crippen LogP contribution is 2.21. The Morgan fingerprint density at radius 1 is 1.30 bits per heavy atom. The van der Waals surface area contributed by atoms with Crippen molar-refractivity contribution in [2.45, 2.75) is 44.6 Å². The number of aliphatic hydroxyl groups excluding tert-OH is 1. The zero-order valence-corrected chi connectivity index (χ0v) is 13.0. The van der Waals surface area contributed by atoms with Gasteiger partial charge in [0.1, 0.15) is 0 Å². The van der Waals surface area contributed by atoms with Gasteiger partial charge < -0.3 is 5.11 Å². The van der Waals surface area contributed by atoms with E-state index >= 15 is 0 Å². The minimum absolute atomic E-state index is 0.143. The van der Waals surface area contributed by atoms with Crippen LogP contribution in [0.5, 0.6) is 0 Å². The molecule has 0 spiro atoms. The molecule has 20 heavy (non-hydrogen) atoms. The lowest BCUT2D eigenvalue weighted by Gasteiger charge is -2.07. The first kappa shape index (κ1) is 16.7. The molecule has 0 aliphatic rings. The molecule has 0 aliphatic carbocycles. The summed E-state index contributed by atoms with van der Waals surface area (Å²) < 4.78 is 25.1. The van der Waals surface area contributed by atoms with Crippen LogP contribution in [-0.2, 0) is 9.84 Å². The van der Waals surface area contributed by atoms with E-state index in [-0.39, 0.29) is 9.80 Å². The van der Waals surface area contributed by atoms with Crippen LogP contribution in [0.25, 0.3) is 0 Å². The average molecular weight is 294 g/mol. The number of rotatable bonds is 6. The molecule has 0 aromatic heterocycles. The minimum atomic E-state index is -3.58. The summed E-state index contributed by atoms with van der Waals surface area (Å²) in [7, 11) is -3.58. The van der Waals surface area contributed by atoms with Crippen LogP contribution in [0, 0.1) is 6.92 Å². The number of sulfone groups is 1. The summed E-state index contributed by atoms with van der Waals surface area (Å²) in [6.07, 6.45) is 5.70. The normalized spacial score (nSPS) is 14.7. The number of aryl methyl sites for hydroxylation is 1. The molecule has 0 saturated carbocycles. The van der Waals surface area contributed by atoms with Crippen LogP contribution in [0.1, 0.15) is 32.3 Å². The van der Waals surface area contributed by atoms with Crippen LogP contribution in [0.3, 0.4) is 0 Å². The van der Waals surface area contributed by atoms with Gasteiger partial charge in [0.2, 0.25) is 9.84 Å². The standard InChI is InChI=1S/C16H22O3S/c1-4-5-6-7-16(12-14(3)17)20(18,19)15-10-8-13(2)9-11-15/h6-12,14,17H,4-5H2,1-3H3/b7-6+,16-12+/t14-/m0/s1. The molecule has 0 unspecified atom stereocenters. The van der Waals surface area contributed by atoms with Crippen molar-refractivity contribution in [2.24, 2.45) is 0 Å². The van der Waals surface area contributed by atoms with Gasteiger partial charge in [-0.05, 0) is 44.6 Å². The van der Waals surface area contributed by atoms with Crippen molar-refractivity contribution < 1.29 is 13.5 Å². The molecule has 3 nitrogen and oxygen atoms in total. The number of benzene rings is 1. The second-order valence-corrected chi connectivity index (χ2v) is 6.77. The molecule has 110 valence electrons. The van der Waals surface area contributed by atoms with Gasteiger partial charge in [0.25, 0.3) is 0 Å². The number of hydrogen-bond donors (Lipinski definition) is 1. The molecule has 0 fully saturated rings. The Morgan fingerprint density at radius 2 is 1.90 bits per heavy atom. The van der Waals surface area contributed by atoms with E-state index in [1.54, 1.807) is 37.3 Å². The largest absolute Gasteiger partial charge is 0.389 e. The summed E-state index contributed by atoms with van der Waals surface area (Å²) in [6, 6.07) is 6.72. The first-order valence-electron chi connectivity index (χ1n) is 6.76. The number of aliphatic hydroxyl groups is 1. The molecule has 0 aliphatic heterocycles. The monoisotopic (exact) mass is 294 g/mol. The fourth-order valence-corrected chi connectivity index (χ4v) is 3.11. The lowest BCUT2D eigenvalue weighted by Crippen LogP contribution is -2.07. The smallest absolute Gasteiger partial charge is 0.206 e. The van der Waals surface area contributed by atoms with Crippen molar-refractivity contribution in [2.75, 3.05) is 0 Å². The van der Waals surface area contributed by atoms with E-state index in [0.29, 0.717) is 0 Å². The zero-order chi connectivity index (χ0) is 15.2. The van der Waals surface area contributed by atoms with Gasteiger partial charge in [-0.3, -0.25) is 0 Å². The van der Waals surface area contributed by atoms with Crippen molar-refractivity contribution in [3.8, 4) is 0 Å². The van der Waals surface area contributed by atoms with E-state index in [1.807, 2.05) is 19.9 Å². The molecule has 1 aromatic rings. The summed E-state index contributed by atoms with van der Waals surface area (Å²) in [4.78, 5) is 0.390.